The summed E-state index contributed by atoms with van der Waals surface area (Å²) >= 11 is 0. The fourth-order valence-corrected chi connectivity index (χ4v) is 4.09. The largest absolute Gasteiger partial charge is 0.378 e. The fourth-order valence-electron chi connectivity index (χ4n) is 4.09. The number of Topliss-reactive ketones (excluding diaryl/α,β-unsaturated/α-hetero) is 1. The van der Waals surface area contributed by atoms with Gasteiger partial charge in [-0.1, -0.05) is 13.8 Å². The first-order valence-corrected chi connectivity index (χ1v) is 11.8. The van der Waals surface area contributed by atoms with E-state index in [4.69, 9.17) is 9.47 Å². The smallest absolute Gasteiger partial charge is 0.146 e. The highest BCUT2D eigenvalue weighted by molar-refractivity contribution is 5.80. The van der Waals surface area contributed by atoms with E-state index in [0.29, 0.717) is 32.0 Å². The number of likely N-dealkylation sites (tertiary alicyclic amines) is 1. The van der Waals surface area contributed by atoms with Crippen LogP contribution in [0.1, 0.15) is 33.1 Å². The zero-order chi connectivity index (χ0) is 20.7. The molecule has 0 aliphatic carbocycles. The van der Waals surface area contributed by atoms with E-state index in [1.165, 1.54) is 32.5 Å². The minimum Gasteiger partial charge on any atom is -0.378 e. The Hall–Kier alpha value is -0.570. The molecule has 0 spiro atoms. The highest BCUT2D eigenvalue weighted by Gasteiger charge is 2.24. The molecule has 0 atom stereocenters. The summed E-state index contributed by atoms with van der Waals surface area (Å²) in [4.78, 5) is 19.1. The Bertz CT molecular complexity index is 422. The van der Waals surface area contributed by atoms with Crippen LogP contribution in [0, 0.1) is 5.92 Å². The van der Waals surface area contributed by atoms with Gasteiger partial charge in [-0.05, 0) is 38.4 Å². The van der Waals surface area contributed by atoms with E-state index in [0.717, 1.165) is 64.9 Å². The molecular formula is C22H44N4O3. The Labute approximate surface area is 178 Å². The highest BCUT2D eigenvalue weighted by Crippen LogP contribution is 2.19. The van der Waals surface area contributed by atoms with Crippen LogP contribution >= 0.6 is 0 Å². The van der Waals surface area contributed by atoms with Crippen LogP contribution in [0.2, 0.25) is 0 Å². The van der Waals surface area contributed by atoms with Crippen LogP contribution in [-0.4, -0.2) is 119 Å². The molecule has 0 aromatic carbocycles. The molecule has 2 aliphatic rings. The molecule has 0 saturated carbocycles. The van der Waals surface area contributed by atoms with Gasteiger partial charge in [-0.15, -0.1) is 0 Å². The topological polar surface area (TPSA) is 57.3 Å². The Morgan fingerprint density at radius 1 is 0.862 bits per heavy atom. The van der Waals surface area contributed by atoms with Gasteiger partial charge in [0, 0.05) is 52.2 Å². The lowest BCUT2D eigenvalue weighted by molar-refractivity contribution is -0.120. The molecule has 0 radical (unpaired) electrons. The molecule has 29 heavy (non-hydrogen) atoms. The average molecular weight is 413 g/mol. The number of nitrogens with zero attached hydrogens (tertiary/aromatic N) is 3. The van der Waals surface area contributed by atoms with Crippen LogP contribution in [0.15, 0.2) is 0 Å². The van der Waals surface area contributed by atoms with Crippen LogP contribution in [0.3, 0.4) is 0 Å². The highest BCUT2D eigenvalue weighted by atomic mass is 16.5. The molecule has 7 nitrogen and oxygen atoms in total. The summed E-state index contributed by atoms with van der Waals surface area (Å²) in [5, 5.41) is 3.24. The van der Waals surface area contributed by atoms with Gasteiger partial charge >= 0.3 is 0 Å². The lowest BCUT2D eigenvalue weighted by Crippen LogP contribution is -2.49. The van der Waals surface area contributed by atoms with Crippen LogP contribution in [0.4, 0.5) is 0 Å². The molecule has 2 rings (SSSR count). The lowest BCUT2D eigenvalue weighted by atomic mass is 9.95. The monoisotopic (exact) mass is 412 g/mol. The van der Waals surface area contributed by atoms with E-state index in [2.05, 4.69) is 26.9 Å². The maximum Gasteiger partial charge on any atom is 0.146 e. The number of carbonyl (C=O) groups excluding carboxylic acids is 1. The average Bonchev–Trinajstić information content (AvgIpc) is 2.75. The third kappa shape index (κ3) is 10.9. The SMILES string of the molecule is CCNCCOCCOCCN1CCN(CC2CCN(CC(=O)CC)CC2)CC1. The zero-order valence-electron chi connectivity index (χ0n) is 18.9. The first-order chi connectivity index (χ1) is 14.2. The molecule has 2 fully saturated rings. The number of nitrogens with one attached hydrogen (secondary N) is 1. The molecule has 2 heterocycles. The van der Waals surface area contributed by atoms with E-state index >= 15 is 0 Å². The number of rotatable bonds is 15. The number of hydrogen-bond acceptors (Lipinski definition) is 7. The van der Waals surface area contributed by atoms with Crippen molar-refractivity contribution in [1.29, 1.82) is 0 Å². The second-order valence-electron chi connectivity index (χ2n) is 8.33. The summed E-state index contributed by atoms with van der Waals surface area (Å²) in [5.74, 6) is 1.17. The summed E-state index contributed by atoms with van der Waals surface area (Å²) < 4.78 is 11.2. The normalized spacial score (nSPS) is 20.3. The zero-order valence-corrected chi connectivity index (χ0v) is 18.9. The van der Waals surface area contributed by atoms with Gasteiger partial charge in [0.1, 0.15) is 5.78 Å². The molecule has 0 aromatic heterocycles. The van der Waals surface area contributed by atoms with Crippen molar-refractivity contribution in [3.05, 3.63) is 0 Å². The van der Waals surface area contributed by atoms with E-state index < -0.39 is 0 Å². The minimum atomic E-state index is 0.375. The van der Waals surface area contributed by atoms with Crippen LogP contribution in [-0.2, 0) is 14.3 Å². The van der Waals surface area contributed by atoms with E-state index in [9.17, 15) is 4.79 Å². The van der Waals surface area contributed by atoms with Gasteiger partial charge in [-0.2, -0.15) is 0 Å². The molecular weight excluding hydrogens is 368 g/mol. The van der Waals surface area contributed by atoms with E-state index in [1.807, 2.05) is 6.92 Å². The summed E-state index contributed by atoms with van der Waals surface area (Å²) in [6, 6.07) is 0. The summed E-state index contributed by atoms with van der Waals surface area (Å²) in [5.41, 5.74) is 0. The molecule has 2 saturated heterocycles. The van der Waals surface area contributed by atoms with Gasteiger partial charge in [-0.3, -0.25) is 14.6 Å². The van der Waals surface area contributed by atoms with Gasteiger partial charge in [-0.25, -0.2) is 0 Å². The van der Waals surface area contributed by atoms with Gasteiger partial charge in [0.15, 0.2) is 0 Å². The second kappa shape index (κ2) is 15.3. The second-order valence-corrected chi connectivity index (χ2v) is 8.33. The third-order valence-electron chi connectivity index (χ3n) is 6.08. The standard InChI is InChI=1S/C22H44N4O3/c1-3-22(27)20-25-8-5-21(6-9-25)19-26-12-10-24(11-13-26)14-16-29-18-17-28-15-7-23-4-2/h21,23H,3-20H2,1-2H3. The fraction of sp³-hybridized carbons (Fsp3) is 0.955. The molecule has 170 valence electrons. The summed E-state index contributed by atoms with van der Waals surface area (Å²) in [7, 11) is 0. The number of ether oxygens (including phenoxy) is 2. The lowest BCUT2D eigenvalue weighted by Gasteiger charge is -2.38. The van der Waals surface area contributed by atoms with Gasteiger partial charge in [0.2, 0.25) is 0 Å². The van der Waals surface area contributed by atoms with E-state index in [1.54, 1.807) is 0 Å². The van der Waals surface area contributed by atoms with Crippen LogP contribution < -0.4 is 5.32 Å². The van der Waals surface area contributed by atoms with Crippen molar-refractivity contribution in [2.24, 2.45) is 5.92 Å². The molecule has 0 amide bonds. The molecule has 0 bridgehead atoms. The van der Waals surface area contributed by atoms with Crippen LogP contribution in [0.5, 0.6) is 0 Å². The third-order valence-corrected chi connectivity index (χ3v) is 6.08. The van der Waals surface area contributed by atoms with Crippen molar-refractivity contribution < 1.29 is 14.3 Å². The van der Waals surface area contributed by atoms with Gasteiger partial charge in [0.25, 0.3) is 0 Å². The predicted molar refractivity (Wildman–Crippen MR) is 118 cm³/mol. The number of piperidine rings is 1. The van der Waals surface area contributed by atoms with Crippen molar-refractivity contribution in [1.82, 2.24) is 20.0 Å². The Morgan fingerprint density at radius 3 is 2.17 bits per heavy atom. The number of hydrogen-bond donors (Lipinski definition) is 1. The van der Waals surface area contributed by atoms with Gasteiger partial charge in [0.05, 0.1) is 33.0 Å². The molecule has 7 heteroatoms. The Kier molecular flexibility index (Phi) is 13.0. The van der Waals surface area contributed by atoms with Crippen molar-refractivity contribution >= 4 is 5.78 Å². The maximum absolute atomic E-state index is 11.6. The van der Waals surface area contributed by atoms with Crippen molar-refractivity contribution in [2.75, 3.05) is 98.4 Å². The maximum atomic E-state index is 11.6. The molecule has 1 N–H and O–H groups in total. The number of carbonyl (C=O) groups is 1. The van der Waals surface area contributed by atoms with Crippen LogP contribution in [0.25, 0.3) is 0 Å². The Morgan fingerprint density at radius 2 is 1.52 bits per heavy atom. The number of likely N-dealkylation sites (N-methyl/N-ethyl adjacent to an activating group) is 1. The van der Waals surface area contributed by atoms with Gasteiger partial charge < -0.3 is 19.7 Å². The van der Waals surface area contributed by atoms with Crippen molar-refractivity contribution in [3.8, 4) is 0 Å². The molecule has 0 unspecified atom stereocenters. The van der Waals surface area contributed by atoms with Crippen molar-refractivity contribution in [3.63, 3.8) is 0 Å². The molecule has 0 aromatic rings. The minimum absolute atomic E-state index is 0.375. The van der Waals surface area contributed by atoms with E-state index in [-0.39, 0.29) is 0 Å². The number of ketones is 1. The molecule has 2 aliphatic heterocycles. The quantitative estimate of drug-likeness (QED) is 0.402. The van der Waals surface area contributed by atoms with Crippen molar-refractivity contribution in [2.45, 2.75) is 33.1 Å². The summed E-state index contributed by atoms with van der Waals surface area (Å²) in [6.07, 6.45) is 3.14. The first kappa shape index (κ1) is 24.7. The number of piperazine rings is 1. The summed E-state index contributed by atoms with van der Waals surface area (Å²) in [6.45, 7) is 18.6. The first-order valence-electron chi connectivity index (χ1n) is 11.8. The Balaban J connectivity index is 1.44. The predicted octanol–water partition coefficient (Wildman–Crippen LogP) is 0.938.